The van der Waals surface area contributed by atoms with Crippen molar-refractivity contribution < 1.29 is 4.74 Å². The summed E-state index contributed by atoms with van der Waals surface area (Å²) < 4.78 is 5.87. The van der Waals surface area contributed by atoms with Crippen LogP contribution in [0.5, 0.6) is 0 Å². The number of hydrogen-bond donors (Lipinski definition) is 1. The first kappa shape index (κ1) is 16.9. The summed E-state index contributed by atoms with van der Waals surface area (Å²) in [7, 11) is 0. The van der Waals surface area contributed by atoms with Gasteiger partial charge in [0.15, 0.2) is 0 Å². The highest BCUT2D eigenvalue weighted by Gasteiger charge is 2.19. The van der Waals surface area contributed by atoms with E-state index in [0.717, 1.165) is 51.2 Å². The molecule has 1 saturated heterocycles. The van der Waals surface area contributed by atoms with E-state index in [-0.39, 0.29) is 0 Å². The van der Waals surface area contributed by atoms with Crippen LogP contribution in [0.15, 0.2) is 0 Å². The summed E-state index contributed by atoms with van der Waals surface area (Å²) in [4.78, 5) is 2.55. The lowest BCUT2D eigenvalue weighted by Crippen LogP contribution is -2.45. The summed E-state index contributed by atoms with van der Waals surface area (Å²) in [5.41, 5.74) is 0. The lowest BCUT2D eigenvalue weighted by atomic mass is 10.0. The van der Waals surface area contributed by atoms with Gasteiger partial charge >= 0.3 is 0 Å². The molecule has 1 fully saturated rings. The Morgan fingerprint density at radius 2 is 2.00 bits per heavy atom. The predicted molar refractivity (Wildman–Crippen MR) is 82.6 cm³/mol. The van der Waals surface area contributed by atoms with Crippen molar-refractivity contribution in [2.45, 2.75) is 53.1 Å². The molecule has 0 unspecified atom stereocenters. The number of nitrogens with one attached hydrogen (secondary N) is 1. The second-order valence-corrected chi connectivity index (χ2v) is 6.72. The number of morpholine rings is 1. The molecule has 1 aliphatic rings. The fourth-order valence-electron chi connectivity index (χ4n) is 2.54. The monoisotopic (exact) mass is 270 g/mol. The van der Waals surface area contributed by atoms with Crippen molar-refractivity contribution in [3.63, 3.8) is 0 Å². The number of ether oxygens (including phenoxy) is 1. The minimum Gasteiger partial charge on any atom is -0.376 e. The van der Waals surface area contributed by atoms with E-state index in [9.17, 15) is 0 Å². The summed E-state index contributed by atoms with van der Waals surface area (Å²) in [5.74, 6) is 1.56. The first-order valence-electron chi connectivity index (χ1n) is 8.12. The van der Waals surface area contributed by atoms with E-state index in [0.29, 0.717) is 6.10 Å². The largest absolute Gasteiger partial charge is 0.376 e. The molecule has 1 rings (SSSR count). The first-order valence-corrected chi connectivity index (χ1v) is 8.12. The number of nitrogens with zero attached hydrogens (tertiary/aromatic N) is 1. The predicted octanol–water partition coefficient (Wildman–Crippen LogP) is 2.76. The Morgan fingerprint density at radius 3 is 2.68 bits per heavy atom. The van der Waals surface area contributed by atoms with Crippen LogP contribution >= 0.6 is 0 Å². The van der Waals surface area contributed by atoms with Gasteiger partial charge in [0, 0.05) is 26.2 Å². The molecule has 1 N–H and O–H groups in total. The van der Waals surface area contributed by atoms with Crippen LogP contribution in [0.3, 0.4) is 0 Å². The third kappa shape index (κ3) is 8.61. The van der Waals surface area contributed by atoms with Gasteiger partial charge < -0.3 is 10.1 Å². The first-order chi connectivity index (χ1) is 9.08. The quantitative estimate of drug-likeness (QED) is 0.652. The maximum absolute atomic E-state index is 5.87. The van der Waals surface area contributed by atoms with Gasteiger partial charge in [0.2, 0.25) is 0 Å². The minimum atomic E-state index is 0.470. The Morgan fingerprint density at radius 1 is 1.21 bits per heavy atom. The van der Waals surface area contributed by atoms with Crippen LogP contribution in [0, 0.1) is 11.8 Å². The van der Waals surface area contributed by atoms with Crippen molar-refractivity contribution in [2.24, 2.45) is 11.8 Å². The molecule has 0 aromatic heterocycles. The minimum absolute atomic E-state index is 0.470. The fraction of sp³-hybridized carbons (Fsp3) is 1.00. The highest BCUT2D eigenvalue weighted by atomic mass is 16.5. The SMILES string of the molecule is CC(C)CCC[C@H]1CN(CCNCC(C)C)CCO1. The van der Waals surface area contributed by atoms with Crippen molar-refractivity contribution in [1.82, 2.24) is 10.2 Å². The normalized spacial score (nSPS) is 21.5. The van der Waals surface area contributed by atoms with Crippen LogP contribution in [0.4, 0.5) is 0 Å². The number of rotatable bonds is 9. The van der Waals surface area contributed by atoms with Crippen LogP contribution in [0.2, 0.25) is 0 Å². The van der Waals surface area contributed by atoms with Crippen molar-refractivity contribution in [3.8, 4) is 0 Å². The third-order valence-corrected chi connectivity index (χ3v) is 3.69. The van der Waals surface area contributed by atoms with E-state index < -0.39 is 0 Å². The molecule has 114 valence electrons. The maximum atomic E-state index is 5.87. The molecule has 0 bridgehead atoms. The summed E-state index contributed by atoms with van der Waals surface area (Å²) in [6.45, 7) is 15.7. The lowest BCUT2D eigenvalue weighted by molar-refractivity contribution is -0.0327. The van der Waals surface area contributed by atoms with E-state index in [1.54, 1.807) is 0 Å². The van der Waals surface area contributed by atoms with E-state index in [2.05, 4.69) is 37.9 Å². The molecule has 3 heteroatoms. The van der Waals surface area contributed by atoms with E-state index >= 15 is 0 Å². The zero-order valence-corrected chi connectivity index (χ0v) is 13.5. The van der Waals surface area contributed by atoms with Gasteiger partial charge in [-0.05, 0) is 24.8 Å². The molecule has 0 aromatic rings. The van der Waals surface area contributed by atoms with Crippen LogP contribution in [0.25, 0.3) is 0 Å². The second-order valence-electron chi connectivity index (χ2n) is 6.72. The van der Waals surface area contributed by atoms with Crippen LogP contribution in [0.1, 0.15) is 47.0 Å². The van der Waals surface area contributed by atoms with Crippen molar-refractivity contribution in [2.75, 3.05) is 39.3 Å². The summed E-state index contributed by atoms with van der Waals surface area (Å²) in [6, 6.07) is 0. The highest BCUT2D eigenvalue weighted by molar-refractivity contribution is 4.72. The average molecular weight is 270 g/mol. The van der Waals surface area contributed by atoms with Crippen LogP contribution in [-0.4, -0.2) is 50.3 Å². The van der Waals surface area contributed by atoms with E-state index in [4.69, 9.17) is 4.74 Å². The molecule has 0 amide bonds. The van der Waals surface area contributed by atoms with Gasteiger partial charge in [0.25, 0.3) is 0 Å². The van der Waals surface area contributed by atoms with Gasteiger partial charge in [0.1, 0.15) is 0 Å². The van der Waals surface area contributed by atoms with Crippen LogP contribution < -0.4 is 5.32 Å². The van der Waals surface area contributed by atoms with Crippen molar-refractivity contribution >= 4 is 0 Å². The van der Waals surface area contributed by atoms with Gasteiger partial charge in [-0.25, -0.2) is 0 Å². The molecule has 0 radical (unpaired) electrons. The van der Waals surface area contributed by atoms with Crippen LogP contribution in [-0.2, 0) is 4.74 Å². The number of hydrogen-bond acceptors (Lipinski definition) is 3. The summed E-state index contributed by atoms with van der Waals surface area (Å²) in [6.07, 6.45) is 4.34. The Kier molecular flexibility index (Phi) is 8.67. The van der Waals surface area contributed by atoms with Crippen molar-refractivity contribution in [3.05, 3.63) is 0 Å². The highest BCUT2D eigenvalue weighted by Crippen LogP contribution is 2.14. The summed E-state index contributed by atoms with van der Waals surface area (Å²) >= 11 is 0. The molecule has 0 spiro atoms. The van der Waals surface area contributed by atoms with Gasteiger partial charge in [-0.3, -0.25) is 4.90 Å². The topological polar surface area (TPSA) is 24.5 Å². The third-order valence-electron chi connectivity index (χ3n) is 3.69. The molecular formula is C16H34N2O. The second kappa shape index (κ2) is 9.73. The smallest absolute Gasteiger partial charge is 0.0702 e. The van der Waals surface area contributed by atoms with E-state index in [1.165, 1.54) is 19.3 Å². The fourth-order valence-corrected chi connectivity index (χ4v) is 2.54. The lowest BCUT2D eigenvalue weighted by Gasteiger charge is -2.33. The maximum Gasteiger partial charge on any atom is 0.0702 e. The van der Waals surface area contributed by atoms with Gasteiger partial charge in [0.05, 0.1) is 12.7 Å². The van der Waals surface area contributed by atoms with Gasteiger partial charge in [-0.2, -0.15) is 0 Å². The molecule has 1 heterocycles. The molecule has 0 saturated carbocycles. The average Bonchev–Trinajstić information content (AvgIpc) is 2.34. The van der Waals surface area contributed by atoms with E-state index in [1.807, 2.05) is 0 Å². The molecule has 3 nitrogen and oxygen atoms in total. The zero-order valence-electron chi connectivity index (χ0n) is 13.5. The molecule has 19 heavy (non-hydrogen) atoms. The molecular weight excluding hydrogens is 236 g/mol. The zero-order chi connectivity index (χ0) is 14.1. The summed E-state index contributed by atoms with van der Waals surface area (Å²) in [5, 5.41) is 3.52. The molecule has 0 aliphatic carbocycles. The molecule has 1 atom stereocenters. The Balaban J connectivity index is 2.08. The van der Waals surface area contributed by atoms with Crippen molar-refractivity contribution in [1.29, 1.82) is 0 Å². The van der Waals surface area contributed by atoms with Gasteiger partial charge in [-0.1, -0.05) is 40.5 Å². The molecule has 0 aromatic carbocycles. The Bertz CT molecular complexity index is 219. The van der Waals surface area contributed by atoms with Gasteiger partial charge in [-0.15, -0.1) is 0 Å². The standard InChI is InChI=1S/C16H34N2O/c1-14(2)6-5-7-16-13-18(10-11-19-16)9-8-17-12-15(3)4/h14-17H,5-13H2,1-4H3/t16-/m0/s1. The Hall–Kier alpha value is -0.120. The Labute approximate surface area is 120 Å². The molecule has 1 aliphatic heterocycles.